The third-order valence-electron chi connectivity index (χ3n) is 4.44. The van der Waals surface area contributed by atoms with Crippen LogP contribution in [0.3, 0.4) is 0 Å². The molecule has 6 heteroatoms. The zero-order valence-corrected chi connectivity index (χ0v) is 14.9. The maximum absolute atomic E-state index is 13.3. The number of halogens is 1. The highest BCUT2D eigenvalue weighted by atomic mass is 32.1. The topological polar surface area (TPSA) is 45.2 Å². The molecule has 4 rings (SSSR count). The Balaban J connectivity index is 1.77. The molecule has 3 aromatic rings. The number of piperazine rings is 1. The highest BCUT2D eigenvalue weighted by Gasteiger charge is 2.22. The van der Waals surface area contributed by atoms with Crippen LogP contribution in [0.15, 0.2) is 54.9 Å². The van der Waals surface area contributed by atoms with Crippen LogP contribution in [0.1, 0.15) is 9.67 Å². The fraction of sp³-hybridized carbons (Fsp3) is 0.200. The van der Waals surface area contributed by atoms with E-state index in [0.29, 0.717) is 18.0 Å². The maximum Gasteiger partial charge on any atom is 0.264 e. The molecule has 2 aromatic heterocycles. The molecule has 0 aliphatic carbocycles. The van der Waals surface area contributed by atoms with E-state index in [2.05, 4.69) is 10.3 Å². The van der Waals surface area contributed by atoms with E-state index in [-0.39, 0.29) is 11.7 Å². The number of nitrogens with zero attached hydrogens (tertiary/aromatic N) is 2. The van der Waals surface area contributed by atoms with E-state index in [1.165, 1.54) is 23.5 Å². The zero-order chi connectivity index (χ0) is 17.9. The number of nitrogens with one attached hydrogen (secondary N) is 1. The zero-order valence-electron chi connectivity index (χ0n) is 14.1. The number of benzene rings is 1. The van der Waals surface area contributed by atoms with Gasteiger partial charge in [0.1, 0.15) is 5.82 Å². The average Bonchev–Trinajstić information content (AvgIpc) is 3.15. The Hall–Kier alpha value is -2.57. The summed E-state index contributed by atoms with van der Waals surface area (Å²) in [4.78, 5) is 20.5. The first-order valence-corrected chi connectivity index (χ1v) is 9.34. The number of carbonyl (C=O) groups is 1. The van der Waals surface area contributed by atoms with Crippen molar-refractivity contribution in [3.63, 3.8) is 0 Å². The molecule has 132 valence electrons. The van der Waals surface area contributed by atoms with E-state index < -0.39 is 0 Å². The fourth-order valence-corrected chi connectivity index (χ4v) is 4.24. The lowest BCUT2D eigenvalue weighted by molar-refractivity contribution is 0.0740. The van der Waals surface area contributed by atoms with Crippen LogP contribution in [0.5, 0.6) is 0 Å². The molecule has 0 unspecified atom stereocenters. The lowest BCUT2D eigenvalue weighted by atomic mass is 10.0. The smallest absolute Gasteiger partial charge is 0.264 e. The Morgan fingerprint density at radius 2 is 1.73 bits per heavy atom. The van der Waals surface area contributed by atoms with Crippen LogP contribution in [-0.4, -0.2) is 42.0 Å². The monoisotopic (exact) mass is 367 g/mol. The fourth-order valence-electron chi connectivity index (χ4n) is 3.08. The molecule has 0 radical (unpaired) electrons. The molecule has 26 heavy (non-hydrogen) atoms. The standard InChI is InChI=1S/C20H18FN3OS/c21-16-3-1-15(2-4-16)19-17(14-5-7-22-8-6-14)13-18(26-19)20(25)24-11-9-23-10-12-24/h1-8,13,23H,9-12H2. The van der Waals surface area contributed by atoms with E-state index in [1.807, 2.05) is 23.1 Å². The molecule has 3 heterocycles. The van der Waals surface area contributed by atoms with E-state index in [9.17, 15) is 9.18 Å². The van der Waals surface area contributed by atoms with Crippen molar-refractivity contribution in [1.29, 1.82) is 0 Å². The quantitative estimate of drug-likeness (QED) is 0.768. The molecule has 0 atom stereocenters. The van der Waals surface area contributed by atoms with Crippen molar-refractivity contribution in [2.24, 2.45) is 0 Å². The summed E-state index contributed by atoms with van der Waals surface area (Å²) >= 11 is 1.46. The summed E-state index contributed by atoms with van der Waals surface area (Å²) in [6.07, 6.45) is 3.47. The minimum absolute atomic E-state index is 0.0557. The molecule has 1 aliphatic rings. The second-order valence-electron chi connectivity index (χ2n) is 6.14. The highest BCUT2D eigenvalue weighted by Crippen LogP contribution is 2.39. The van der Waals surface area contributed by atoms with Gasteiger partial charge in [-0.2, -0.15) is 0 Å². The third-order valence-corrected chi connectivity index (χ3v) is 5.62. The maximum atomic E-state index is 13.3. The third kappa shape index (κ3) is 3.38. The summed E-state index contributed by atoms with van der Waals surface area (Å²) in [7, 11) is 0. The van der Waals surface area contributed by atoms with Crippen LogP contribution in [0, 0.1) is 5.82 Å². The summed E-state index contributed by atoms with van der Waals surface area (Å²) in [5, 5.41) is 3.26. The van der Waals surface area contributed by atoms with Gasteiger partial charge in [0.05, 0.1) is 4.88 Å². The molecule has 4 nitrogen and oxygen atoms in total. The lowest BCUT2D eigenvalue weighted by Gasteiger charge is -2.26. The Morgan fingerprint density at radius 3 is 2.42 bits per heavy atom. The molecule has 1 saturated heterocycles. The Labute approximate surface area is 155 Å². The highest BCUT2D eigenvalue weighted by molar-refractivity contribution is 7.18. The number of pyridine rings is 1. The molecule has 1 aliphatic heterocycles. The Morgan fingerprint density at radius 1 is 1.04 bits per heavy atom. The molecule has 0 bridgehead atoms. The average molecular weight is 367 g/mol. The minimum atomic E-state index is -0.270. The van der Waals surface area contributed by atoms with Crippen LogP contribution < -0.4 is 5.32 Å². The van der Waals surface area contributed by atoms with Crippen molar-refractivity contribution < 1.29 is 9.18 Å². The van der Waals surface area contributed by atoms with Crippen molar-refractivity contribution in [3.8, 4) is 21.6 Å². The van der Waals surface area contributed by atoms with Gasteiger partial charge in [-0.15, -0.1) is 11.3 Å². The lowest BCUT2D eigenvalue weighted by Crippen LogP contribution is -2.46. The summed E-state index contributed by atoms with van der Waals surface area (Å²) < 4.78 is 13.3. The van der Waals surface area contributed by atoms with Crippen LogP contribution in [0.25, 0.3) is 21.6 Å². The predicted molar refractivity (Wildman–Crippen MR) is 102 cm³/mol. The summed E-state index contributed by atoms with van der Waals surface area (Å²) in [6.45, 7) is 3.07. The number of amides is 1. The second kappa shape index (κ2) is 7.35. The van der Waals surface area contributed by atoms with Gasteiger partial charge >= 0.3 is 0 Å². The van der Waals surface area contributed by atoms with Crippen molar-refractivity contribution in [1.82, 2.24) is 15.2 Å². The molecule has 0 saturated carbocycles. The van der Waals surface area contributed by atoms with Crippen molar-refractivity contribution in [3.05, 3.63) is 65.6 Å². The number of carbonyl (C=O) groups excluding carboxylic acids is 1. The van der Waals surface area contributed by atoms with E-state index in [4.69, 9.17) is 0 Å². The molecule has 1 N–H and O–H groups in total. The summed E-state index contributed by atoms with van der Waals surface area (Å²) in [5.74, 6) is -0.215. The van der Waals surface area contributed by atoms with Gasteiger partial charge in [-0.05, 0) is 41.5 Å². The SMILES string of the molecule is O=C(c1cc(-c2ccncc2)c(-c2ccc(F)cc2)s1)N1CCNCC1. The molecule has 1 aromatic carbocycles. The summed E-state index contributed by atoms with van der Waals surface area (Å²) in [6, 6.07) is 12.2. The first kappa shape index (κ1) is 16.9. The predicted octanol–water partition coefficient (Wildman–Crippen LogP) is 3.66. The van der Waals surface area contributed by atoms with Gasteiger partial charge in [-0.25, -0.2) is 4.39 Å². The van der Waals surface area contributed by atoms with Gasteiger partial charge in [0, 0.05) is 49.0 Å². The van der Waals surface area contributed by atoms with E-state index >= 15 is 0 Å². The molecule has 1 amide bonds. The number of aromatic nitrogens is 1. The Bertz CT molecular complexity index is 903. The minimum Gasteiger partial charge on any atom is -0.335 e. The van der Waals surface area contributed by atoms with Gasteiger partial charge in [0.25, 0.3) is 5.91 Å². The number of hydrogen-bond donors (Lipinski definition) is 1. The number of rotatable bonds is 3. The van der Waals surface area contributed by atoms with Gasteiger partial charge in [-0.3, -0.25) is 9.78 Å². The first-order valence-electron chi connectivity index (χ1n) is 8.52. The van der Waals surface area contributed by atoms with Crippen molar-refractivity contribution in [2.75, 3.05) is 26.2 Å². The normalized spacial score (nSPS) is 14.4. The summed E-state index contributed by atoms with van der Waals surface area (Å²) in [5.41, 5.74) is 2.88. The van der Waals surface area contributed by atoms with E-state index in [0.717, 1.165) is 34.7 Å². The van der Waals surface area contributed by atoms with Gasteiger partial charge in [0.2, 0.25) is 0 Å². The first-order chi connectivity index (χ1) is 12.7. The molecular formula is C20H18FN3OS. The van der Waals surface area contributed by atoms with Gasteiger partial charge in [0.15, 0.2) is 0 Å². The van der Waals surface area contributed by atoms with E-state index in [1.54, 1.807) is 24.5 Å². The van der Waals surface area contributed by atoms with Crippen molar-refractivity contribution in [2.45, 2.75) is 0 Å². The van der Waals surface area contributed by atoms with Crippen LogP contribution in [-0.2, 0) is 0 Å². The van der Waals surface area contributed by atoms with Crippen molar-refractivity contribution >= 4 is 17.2 Å². The van der Waals surface area contributed by atoms with Crippen LogP contribution in [0.4, 0.5) is 4.39 Å². The number of hydrogen-bond acceptors (Lipinski definition) is 4. The molecular weight excluding hydrogens is 349 g/mol. The second-order valence-corrected chi connectivity index (χ2v) is 7.19. The Kier molecular flexibility index (Phi) is 4.77. The van der Waals surface area contributed by atoms with Gasteiger partial charge < -0.3 is 10.2 Å². The van der Waals surface area contributed by atoms with Gasteiger partial charge in [-0.1, -0.05) is 12.1 Å². The van der Waals surface area contributed by atoms with Crippen LogP contribution in [0.2, 0.25) is 0 Å². The molecule has 0 spiro atoms. The molecule has 1 fully saturated rings. The largest absolute Gasteiger partial charge is 0.335 e. The number of thiophene rings is 1. The van der Waals surface area contributed by atoms with Crippen LogP contribution >= 0.6 is 11.3 Å².